The standard InChI is InChI=1S/C20H20FNO2/c21-15-8-6-14(7-9-15)20(10-3-11-20)19(24)22-18-16-5-2-1-4-13(16)12-17(18)23/h1-2,4-9,17-18,23H,3,10-12H2,(H,22,24). The first kappa shape index (κ1) is 15.3. The van der Waals surface area contributed by atoms with Crippen molar-refractivity contribution in [3.05, 3.63) is 71.0 Å². The van der Waals surface area contributed by atoms with Crippen LogP contribution in [0.2, 0.25) is 0 Å². The van der Waals surface area contributed by atoms with E-state index in [1.807, 2.05) is 24.3 Å². The number of hydrogen-bond acceptors (Lipinski definition) is 2. The van der Waals surface area contributed by atoms with Crippen molar-refractivity contribution in [2.75, 3.05) is 0 Å². The summed E-state index contributed by atoms with van der Waals surface area (Å²) in [4.78, 5) is 13.0. The number of aliphatic hydroxyl groups is 1. The lowest BCUT2D eigenvalue weighted by Gasteiger charge is -2.41. The van der Waals surface area contributed by atoms with Crippen molar-refractivity contribution >= 4 is 5.91 Å². The van der Waals surface area contributed by atoms with Crippen LogP contribution in [0.15, 0.2) is 48.5 Å². The van der Waals surface area contributed by atoms with Gasteiger partial charge in [-0.1, -0.05) is 42.8 Å². The van der Waals surface area contributed by atoms with E-state index >= 15 is 0 Å². The highest BCUT2D eigenvalue weighted by Gasteiger charge is 2.47. The number of nitrogens with one attached hydrogen (secondary N) is 1. The summed E-state index contributed by atoms with van der Waals surface area (Å²) < 4.78 is 13.2. The number of aliphatic hydroxyl groups excluding tert-OH is 1. The van der Waals surface area contributed by atoms with Gasteiger partial charge in [-0.15, -0.1) is 0 Å². The maximum atomic E-state index is 13.2. The lowest BCUT2D eigenvalue weighted by Crippen LogP contribution is -2.51. The molecule has 2 aromatic rings. The first-order valence-corrected chi connectivity index (χ1v) is 8.43. The molecule has 2 aliphatic rings. The van der Waals surface area contributed by atoms with Gasteiger partial charge in [-0.2, -0.15) is 0 Å². The molecule has 0 saturated heterocycles. The van der Waals surface area contributed by atoms with Gasteiger partial charge in [0.2, 0.25) is 5.91 Å². The monoisotopic (exact) mass is 325 g/mol. The van der Waals surface area contributed by atoms with E-state index in [1.165, 1.54) is 12.1 Å². The third-order valence-electron chi connectivity index (χ3n) is 5.53. The molecule has 0 aromatic heterocycles. The van der Waals surface area contributed by atoms with Gasteiger partial charge in [0.15, 0.2) is 0 Å². The Balaban J connectivity index is 1.60. The molecule has 24 heavy (non-hydrogen) atoms. The Morgan fingerprint density at radius 2 is 1.83 bits per heavy atom. The van der Waals surface area contributed by atoms with Crippen molar-refractivity contribution < 1.29 is 14.3 Å². The average Bonchev–Trinajstić information content (AvgIpc) is 2.84. The predicted molar refractivity (Wildman–Crippen MR) is 89.0 cm³/mol. The second-order valence-electron chi connectivity index (χ2n) is 6.86. The number of hydrogen-bond donors (Lipinski definition) is 2. The average molecular weight is 325 g/mol. The Morgan fingerprint density at radius 1 is 1.12 bits per heavy atom. The van der Waals surface area contributed by atoms with Crippen LogP contribution in [0.4, 0.5) is 4.39 Å². The fourth-order valence-electron chi connectivity index (χ4n) is 3.97. The maximum Gasteiger partial charge on any atom is 0.231 e. The van der Waals surface area contributed by atoms with Crippen molar-refractivity contribution in [2.24, 2.45) is 0 Å². The van der Waals surface area contributed by atoms with Gasteiger partial charge in [0.05, 0.1) is 17.6 Å². The number of benzene rings is 2. The van der Waals surface area contributed by atoms with Crippen LogP contribution in [0.1, 0.15) is 42.0 Å². The Labute approximate surface area is 140 Å². The molecule has 0 spiro atoms. The van der Waals surface area contributed by atoms with Gasteiger partial charge in [-0.25, -0.2) is 4.39 Å². The zero-order chi connectivity index (χ0) is 16.7. The van der Waals surface area contributed by atoms with Crippen LogP contribution in [0, 0.1) is 5.82 Å². The SMILES string of the molecule is O=C(NC1c2ccccc2CC1O)C1(c2ccc(F)cc2)CCC1. The Morgan fingerprint density at radius 3 is 2.50 bits per heavy atom. The number of halogens is 1. The Bertz CT molecular complexity index is 767. The molecule has 124 valence electrons. The lowest BCUT2D eigenvalue weighted by atomic mass is 9.63. The maximum absolute atomic E-state index is 13.2. The Kier molecular flexibility index (Phi) is 3.65. The lowest BCUT2D eigenvalue weighted by molar-refractivity contribution is -0.131. The molecule has 4 heteroatoms. The summed E-state index contributed by atoms with van der Waals surface area (Å²) in [5.74, 6) is -0.366. The summed E-state index contributed by atoms with van der Waals surface area (Å²) in [6.45, 7) is 0. The number of carbonyl (C=O) groups excluding carboxylic acids is 1. The molecule has 2 aromatic carbocycles. The van der Waals surface area contributed by atoms with Gasteiger partial charge < -0.3 is 10.4 Å². The van der Waals surface area contributed by atoms with Gasteiger partial charge >= 0.3 is 0 Å². The largest absolute Gasteiger partial charge is 0.390 e. The zero-order valence-corrected chi connectivity index (χ0v) is 13.3. The molecule has 0 radical (unpaired) electrons. The third kappa shape index (κ3) is 2.33. The van der Waals surface area contributed by atoms with Crippen LogP contribution < -0.4 is 5.32 Å². The molecular weight excluding hydrogens is 305 g/mol. The van der Waals surface area contributed by atoms with Crippen LogP contribution >= 0.6 is 0 Å². The van der Waals surface area contributed by atoms with E-state index in [0.717, 1.165) is 36.0 Å². The van der Waals surface area contributed by atoms with E-state index in [1.54, 1.807) is 12.1 Å². The summed E-state index contributed by atoms with van der Waals surface area (Å²) in [7, 11) is 0. The van der Waals surface area contributed by atoms with Crippen molar-refractivity contribution in [1.82, 2.24) is 5.32 Å². The molecule has 0 bridgehead atoms. The molecule has 1 fully saturated rings. The van der Waals surface area contributed by atoms with Crippen LogP contribution in [-0.2, 0) is 16.6 Å². The third-order valence-corrected chi connectivity index (χ3v) is 5.53. The smallest absolute Gasteiger partial charge is 0.231 e. The molecular formula is C20H20FNO2. The van der Waals surface area contributed by atoms with Crippen LogP contribution in [-0.4, -0.2) is 17.1 Å². The normalized spacial score (nSPS) is 24.1. The molecule has 0 heterocycles. The quantitative estimate of drug-likeness (QED) is 0.911. The Hall–Kier alpha value is -2.20. The van der Waals surface area contributed by atoms with Crippen molar-refractivity contribution in [2.45, 2.75) is 43.2 Å². The van der Waals surface area contributed by atoms with Crippen molar-refractivity contribution in [1.29, 1.82) is 0 Å². The summed E-state index contributed by atoms with van der Waals surface area (Å²) >= 11 is 0. The molecule has 2 atom stereocenters. The molecule has 1 saturated carbocycles. The number of carbonyl (C=O) groups is 1. The topological polar surface area (TPSA) is 49.3 Å². The van der Waals surface area contributed by atoms with Crippen LogP contribution in [0.5, 0.6) is 0 Å². The number of fused-ring (bicyclic) bond motifs is 1. The van der Waals surface area contributed by atoms with Gasteiger partial charge in [0, 0.05) is 6.42 Å². The highest BCUT2D eigenvalue weighted by Crippen LogP contribution is 2.45. The van der Waals surface area contributed by atoms with Gasteiger partial charge in [-0.3, -0.25) is 4.79 Å². The van der Waals surface area contributed by atoms with E-state index in [2.05, 4.69) is 5.32 Å². The van der Waals surface area contributed by atoms with Crippen LogP contribution in [0.25, 0.3) is 0 Å². The summed E-state index contributed by atoms with van der Waals surface area (Å²) in [5.41, 5.74) is 2.34. The summed E-state index contributed by atoms with van der Waals surface area (Å²) in [5, 5.41) is 13.4. The van der Waals surface area contributed by atoms with Crippen molar-refractivity contribution in [3.8, 4) is 0 Å². The molecule has 1 amide bonds. The van der Waals surface area contributed by atoms with Crippen molar-refractivity contribution in [3.63, 3.8) is 0 Å². The van der Waals surface area contributed by atoms with E-state index in [9.17, 15) is 14.3 Å². The van der Waals surface area contributed by atoms with E-state index < -0.39 is 11.5 Å². The van der Waals surface area contributed by atoms with E-state index in [4.69, 9.17) is 0 Å². The molecule has 2 N–H and O–H groups in total. The molecule has 4 rings (SSSR count). The summed E-state index contributed by atoms with van der Waals surface area (Å²) in [6.07, 6.45) is 2.46. The van der Waals surface area contributed by atoms with Crippen LogP contribution in [0.3, 0.4) is 0 Å². The van der Waals surface area contributed by atoms with Gasteiger partial charge in [0.25, 0.3) is 0 Å². The van der Waals surface area contributed by atoms with E-state index in [-0.39, 0.29) is 17.8 Å². The molecule has 2 unspecified atom stereocenters. The second kappa shape index (κ2) is 5.71. The summed E-state index contributed by atoms with van der Waals surface area (Å²) in [6, 6.07) is 13.7. The molecule has 3 nitrogen and oxygen atoms in total. The minimum atomic E-state index is -0.600. The minimum absolute atomic E-state index is 0.0684. The predicted octanol–water partition coefficient (Wildman–Crippen LogP) is 3.02. The highest BCUT2D eigenvalue weighted by atomic mass is 19.1. The highest BCUT2D eigenvalue weighted by molar-refractivity contribution is 5.89. The zero-order valence-electron chi connectivity index (χ0n) is 13.3. The number of amides is 1. The van der Waals surface area contributed by atoms with E-state index in [0.29, 0.717) is 6.42 Å². The minimum Gasteiger partial charge on any atom is -0.390 e. The second-order valence-corrected chi connectivity index (χ2v) is 6.86. The van der Waals surface area contributed by atoms with Gasteiger partial charge in [0.1, 0.15) is 5.82 Å². The molecule has 0 aliphatic heterocycles. The first-order chi connectivity index (χ1) is 11.6. The fourth-order valence-corrected chi connectivity index (χ4v) is 3.97. The first-order valence-electron chi connectivity index (χ1n) is 8.43. The van der Waals surface area contributed by atoms with Gasteiger partial charge in [-0.05, 0) is 41.7 Å². The fraction of sp³-hybridized carbons (Fsp3) is 0.350. The molecule has 2 aliphatic carbocycles. The number of rotatable bonds is 3.